The number of nitrogen functional groups attached to an aromatic ring is 1. The summed E-state index contributed by atoms with van der Waals surface area (Å²) in [6.45, 7) is 12.9. The van der Waals surface area contributed by atoms with Crippen molar-refractivity contribution in [3.63, 3.8) is 0 Å². The molecule has 4 heteroatoms. The van der Waals surface area contributed by atoms with Crippen LogP contribution in [-0.4, -0.2) is 9.55 Å². The second-order valence-electron chi connectivity index (χ2n) is 6.83. The molecule has 2 N–H and O–H groups in total. The minimum Gasteiger partial charge on any atom is -0.383 e. The molecular formula is C17H24BrN3. The standard InChI is InChI=1S/C17H24BrN3/c1-10(2)16-20-14(15(19)21(16)17(4,5)6)12-8-7-11(3)13(18)9-12/h7-10H,19H2,1-6H3. The van der Waals surface area contributed by atoms with Crippen LogP contribution in [0.1, 0.15) is 51.9 Å². The number of hydrogen-bond donors (Lipinski definition) is 1. The zero-order valence-corrected chi connectivity index (χ0v) is 15.2. The Morgan fingerprint density at radius 1 is 1.24 bits per heavy atom. The summed E-state index contributed by atoms with van der Waals surface area (Å²) in [5, 5.41) is 0. The van der Waals surface area contributed by atoms with Gasteiger partial charge in [0.1, 0.15) is 17.3 Å². The van der Waals surface area contributed by atoms with Crippen molar-refractivity contribution in [3.05, 3.63) is 34.1 Å². The van der Waals surface area contributed by atoms with Crippen molar-refractivity contribution in [2.24, 2.45) is 0 Å². The van der Waals surface area contributed by atoms with Crippen molar-refractivity contribution in [2.45, 2.75) is 53.0 Å². The Morgan fingerprint density at radius 2 is 1.86 bits per heavy atom. The average molecular weight is 350 g/mol. The van der Waals surface area contributed by atoms with Crippen LogP contribution in [0.4, 0.5) is 5.82 Å². The Morgan fingerprint density at radius 3 is 2.29 bits per heavy atom. The molecule has 0 aliphatic carbocycles. The first-order valence-corrected chi connectivity index (χ1v) is 8.07. The molecule has 0 atom stereocenters. The highest BCUT2D eigenvalue weighted by Crippen LogP contribution is 2.35. The molecule has 0 aliphatic heterocycles. The van der Waals surface area contributed by atoms with Gasteiger partial charge in [0, 0.05) is 21.5 Å². The minimum atomic E-state index is -0.0864. The van der Waals surface area contributed by atoms with E-state index in [0.717, 1.165) is 27.4 Å². The Bertz CT molecular complexity index is 663. The van der Waals surface area contributed by atoms with Crippen molar-refractivity contribution in [1.82, 2.24) is 9.55 Å². The molecule has 1 heterocycles. The molecule has 0 radical (unpaired) electrons. The van der Waals surface area contributed by atoms with Crippen LogP contribution in [0.25, 0.3) is 11.3 Å². The number of anilines is 1. The van der Waals surface area contributed by atoms with Gasteiger partial charge in [-0.25, -0.2) is 4.98 Å². The van der Waals surface area contributed by atoms with Crippen LogP contribution in [-0.2, 0) is 5.54 Å². The first-order valence-electron chi connectivity index (χ1n) is 7.28. The molecule has 0 unspecified atom stereocenters. The summed E-state index contributed by atoms with van der Waals surface area (Å²) in [6.07, 6.45) is 0. The summed E-state index contributed by atoms with van der Waals surface area (Å²) in [5.74, 6) is 2.10. The molecule has 2 rings (SSSR count). The third kappa shape index (κ3) is 3.00. The van der Waals surface area contributed by atoms with E-state index in [1.165, 1.54) is 5.56 Å². The molecule has 0 spiro atoms. The van der Waals surface area contributed by atoms with E-state index in [9.17, 15) is 0 Å². The maximum absolute atomic E-state index is 6.43. The van der Waals surface area contributed by atoms with Gasteiger partial charge in [0.2, 0.25) is 0 Å². The monoisotopic (exact) mass is 349 g/mol. The highest BCUT2D eigenvalue weighted by molar-refractivity contribution is 9.10. The van der Waals surface area contributed by atoms with E-state index < -0.39 is 0 Å². The molecule has 0 saturated carbocycles. The van der Waals surface area contributed by atoms with Gasteiger partial charge in [-0.1, -0.05) is 41.9 Å². The highest BCUT2D eigenvalue weighted by Gasteiger charge is 2.26. The Balaban J connectivity index is 2.68. The van der Waals surface area contributed by atoms with Gasteiger partial charge in [0.15, 0.2) is 0 Å². The zero-order chi connectivity index (χ0) is 15.9. The quantitative estimate of drug-likeness (QED) is 0.821. The fourth-order valence-corrected chi connectivity index (χ4v) is 2.87. The predicted molar refractivity (Wildman–Crippen MR) is 93.6 cm³/mol. The van der Waals surface area contributed by atoms with E-state index in [0.29, 0.717) is 5.92 Å². The van der Waals surface area contributed by atoms with Gasteiger partial charge in [-0.05, 0) is 39.3 Å². The summed E-state index contributed by atoms with van der Waals surface area (Å²) in [4.78, 5) is 4.83. The Kier molecular flexibility index (Phi) is 4.20. The van der Waals surface area contributed by atoms with Crippen molar-refractivity contribution in [2.75, 3.05) is 5.73 Å². The lowest BCUT2D eigenvalue weighted by Gasteiger charge is -2.26. The van der Waals surface area contributed by atoms with Crippen molar-refractivity contribution in [1.29, 1.82) is 0 Å². The second-order valence-corrected chi connectivity index (χ2v) is 7.68. The molecule has 0 fully saturated rings. The van der Waals surface area contributed by atoms with Gasteiger partial charge in [-0.3, -0.25) is 0 Å². The van der Waals surface area contributed by atoms with Crippen LogP contribution in [0.15, 0.2) is 22.7 Å². The van der Waals surface area contributed by atoms with E-state index in [1.54, 1.807) is 0 Å². The lowest BCUT2D eigenvalue weighted by molar-refractivity contribution is 0.382. The maximum Gasteiger partial charge on any atom is 0.132 e. The van der Waals surface area contributed by atoms with E-state index in [2.05, 4.69) is 80.2 Å². The van der Waals surface area contributed by atoms with Crippen LogP contribution in [0.5, 0.6) is 0 Å². The molecule has 2 aromatic rings. The van der Waals surface area contributed by atoms with Crippen LogP contribution in [0, 0.1) is 6.92 Å². The third-order valence-corrected chi connectivity index (χ3v) is 4.43. The van der Waals surface area contributed by atoms with Crippen LogP contribution in [0.3, 0.4) is 0 Å². The number of rotatable bonds is 2. The maximum atomic E-state index is 6.43. The molecule has 0 bridgehead atoms. The lowest BCUT2D eigenvalue weighted by atomic mass is 10.1. The smallest absolute Gasteiger partial charge is 0.132 e. The van der Waals surface area contributed by atoms with E-state index >= 15 is 0 Å². The number of aryl methyl sites for hydroxylation is 1. The largest absolute Gasteiger partial charge is 0.383 e. The van der Waals surface area contributed by atoms with Gasteiger partial charge in [-0.15, -0.1) is 0 Å². The Labute approximate surface area is 135 Å². The van der Waals surface area contributed by atoms with Gasteiger partial charge in [0.05, 0.1) is 0 Å². The molecule has 0 amide bonds. The van der Waals surface area contributed by atoms with Gasteiger partial charge in [-0.2, -0.15) is 0 Å². The molecule has 0 aliphatic rings. The SMILES string of the molecule is Cc1ccc(-c2nc(C(C)C)n(C(C)(C)C)c2N)cc1Br. The van der Waals surface area contributed by atoms with Gasteiger partial charge in [0.25, 0.3) is 0 Å². The van der Waals surface area contributed by atoms with Crippen molar-refractivity contribution < 1.29 is 0 Å². The summed E-state index contributed by atoms with van der Waals surface area (Å²) >= 11 is 3.59. The second kappa shape index (κ2) is 5.48. The number of benzene rings is 1. The van der Waals surface area contributed by atoms with Gasteiger partial charge >= 0.3 is 0 Å². The topological polar surface area (TPSA) is 43.8 Å². The summed E-state index contributed by atoms with van der Waals surface area (Å²) < 4.78 is 3.23. The van der Waals surface area contributed by atoms with Gasteiger partial charge < -0.3 is 10.3 Å². The summed E-state index contributed by atoms with van der Waals surface area (Å²) in [6, 6.07) is 6.25. The van der Waals surface area contributed by atoms with Crippen LogP contribution >= 0.6 is 15.9 Å². The van der Waals surface area contributed by atoms with E-state index in [4.69, 9.17) is 10.7 Å². The molecular weight excluding hydrogens is 326 g/mol. The van der Waals surface area contributed by atoms with E-state index in [-0.39, 0.29) is 5.54 Å². The molecule has 21 heavy (non-hydrogen) atoms. The fraction of sp³-hybridized carbons (Fsp3) is 0.471. The average Bonchev–Trinajstić information content (AvgIpc) is 2.70. The first-order chi connectivity index (χ1) is 9.62. The number of imidazole rings is 1. The summed E-state index contributed by atoms with van der Waals surface area (Å²) in [5.41, 5.74) is 9.47. The minimum absolute atomic E-state index is 0.0864. The number of nitrogens with zero attached hydrogens (tertiary/aromatic N) is 2. The highest BCUT2D eigenvalue weighted by atomic mass is 79.9. The zero-order valence-electron chi connectivity index (χ0n) is 13.7. The number of halogens is 1. The van der Waals surface area contributed by atoms with Crippen molar-refractivity contribution in [3.8, 4) is 11.3 Å². The lowest BCUT2D eigenvalue weighted by Crippen LogP contribution is -2.26. The van der Waals surface area contributed by atoms with Crippen LogP contribution < -0.4 is 5.73 Å². The third-order valence-electron chi connectivity index (χ3n) is 3.57. The molecule has 0 saturated heterocycles. The number of aromatic nitrogens is 2. The predicted octanol–water partition coefficient (Wildman–Crippen LogP) is 5.08. The van der Waals surface area contributed by atoms with Crippen molar-refractivity contribution >= 4 is 21.7 Å². The molecule has 3 nitrogen and oxygen atoms in total. The molecule has 1 aromatic heterocycles. The van der Waals surface area contributed by atoms with E-state index in [1.807, 2.05) is 0 Å². The normalized spacial score (nSPS) is 12.2. The number of hydrogen-bond acceptors (Lipinski definition) is 2. The Hall–Kier alpha value is -1.29. The summed E-state index contributed by atoms with van der Waals surface area (Å²) in [7, 11) is 0. The molecule has 1 aromatic carbocycles. The first kappa shape index (κ1) is 16.1. The molecule has 114 valence electrons. The fourth-order valence-electron chi connectivity index (χ4n) is 2.50. The van der Waals surface area contributed by atoms with Crippen LogP contribution in [0.2, 0.25) is 0 Å². The number of nitrogens with two attached hydrogens (primary N) is 1.